The highest BCUT2D eigenvalue weighted by molar-refractivity contribution is 9.10. The van der Waals surface area contributed by atoms with Crippen LogP contribution in [0.2, 0.25) is 0 Å². The third-order valence-corrected chi connectivity index (χ3v) is 3.67. The summed E-state index contributed by atoms with van der Waals surface area (Å²) in [5, 5.41) is 11.4. The summed E-state index contributed by atoms with van der Waals surface area (Å²) in [5.41, 5.74) is 0.893. The van der Waals surface area contributed by atoms with Crippen molar-refractivity contribution in [2.45, 2.75) is 19.1 Å². The Labute approximate surface area is 121 Å². The summed E-state index contributed by atoms with van der Waals surface area (Å²) in [6.07, 6.45) is 3.51. The Hall–Kier alpha value is -1.83. The maximum atomic E-state index is 13.5. The van der Waals surface area contributed by atoms with Crippen LogP contribution in [0.4, 0.5) is 8.78 Å². The maximum absolute atomic E-state index is 13.5. The van der Waals surface area contributed by atoms with Crippen LogP contribution in [0.5, 0.6) is 0 Å². The first-order chi connectivity index (χ1) is 9.63. The van der Waals surface area contributed by atoms with Gasteiger partial charge in [-0.15, -0.1) is 5.10 Å². The van der Waals surface area contributed by atoms with Crippen LogP contribution >= 0.6 is 15.9 Å². The van der Waals surface area contributed by atoms with Crippen LogP contribution in [-0.4, -0.2) is 26.8 Å². The number of halogens is 3. The van der Waals surface area contributed by atoms with Gasteiger partial charge >= 0.3 is 0 Å². The van der Waals surface area contributed by atoms with E-state index in [2.05, 4.69) is 31.4 Å². The van der Waals surface area contributed by atoms with Crippen molar-refractivity contribution in [3.05, 3.63) is 46.2 Å². The number of hydrogen-bond acceptors (Lipinski definition) is 4. The predicted octanol–water partition coefficient (Wildman–Crippen LogP) is 2.51. The Morgan fingerprint density at radius 2 is 2.10 bits per heavy atom. The largest absolute Gasteiger partial charge is 0.390 e. The average Bonchev–Trinajstić information content (AvgIpc) is 3.07. The molecule has 1 aliphatic rings. The standard InChI is InChI=1S/C12H9BrF2N4O/c13-12-9(14)3-7(4-10(12)15)11-5-8(20-17-11)6-19-2-1-16-18-19/h1-4,8H,5-6H2/t8-/m1/s1. The van der Waals surface area contributed by atoms with Crippen molar-refractivity contribution >= 4 is 21.6 Å². The van der Waals surface area contributed by atoms with Crippen LogP contribution < -0.4 is 0 Å². The Kier molecular flexibility index (Phi) is 3.47. The van der Waals surface area contributed by atoms with Crippen LogP contribution in [0.3, 0.4) is 0 Å². The monoisotopic (exact) mass is 342 g/mol. The number of hydrogen-bond donors (Lipinski definition) is 0. The molecule has 0 amide bonds. The third-order valence-electron chi connectivity index (χ3n) is 2.91. The second-order valence-corrected chi connectivity index (χ2v) is 5.14. The van der Waals surface area contributed by atoms with Gasteiger partial charge in [-0.25, -0.2) is 13.5 Å². The topological polar surface area (TPSA) is 52.3 Å². The van der Waals surface area contributed by atoms with E-state index in [0.29, 0.717) is 24.2 Å². The fourth-order valence-electron chi connectivity index (χ4n) is 1.96. The molecular formula is C12H9BrF2N4O. The molecule has 0 aliphatic carbocycles. The van der Waals surface area contributed by atoms with E-state index >= 15 is 0 Å². The summed E-state index contributed by atoms with van der Waals surface area (Å²) < 4.78 is 28.4. The molecule has 1 atom stereocenters. The van der Waals surface area contributed by atoms with E-state index < -0.39 is 11.6 Å². The van der Waals surface area contributed by atoms with Crippen molar-refractivity contribution in [3.63, 3.8) is 0 Å². The summed E-state index contributed by atoms with van der Waals surface area (Å²) >= 11 is 2.83. The van der Waals surface area contributed by atoms with Gasteiger partial charge in [0, 0.05) is 18.2 Å². The number of benzene rings is 1. The Morgan fingerprint density at radius 3 is 2.75 bits per heavy atom. The first-order valence-electron chi connectivity index (χ1n) is 5.85. The Balaban J connectivity index is 1.73. The second kappa shape index (κ2) is 5.28. The summed E-state index contributed by atoms with van der Waals surface area (Å²) in [5.74, 6) is -1.33. The molecule has 0 unspecified atom stereocenters. The summed E-state index contributed by atoms with van der Waals surface area (Å²) in [6, 6.07) is 2.46. The zero-order valence-corrected chi connectivity index (χ0v) is 11.7. The molecule has 20 heavy (non-hydrogen) atoms. The number of oxime groups is 1. The van der Waals surface area contributed by atoms with E-state index in [1.54, 1.807) is 17.1 Å². The van der Waals surface area contributed by atoms with Crippen molar-refractivity contribution < 1.29 is 13.6 Å². The highest BCUT2D eigenvalue weighted by Crippen LogP contribution is 2.24. The minimum absolute atomic E-state index is 0.181. The minimum atomic E-state index is -0.664. The molecule has 1 aliphatic heterocycles. The SMILES string of the molecule is Fc1cc(C2=NO[C@@H](Cn3ccnn3)C2)cc(F)c1Br. The Morgan fingerprint density at radius 1 is 1.35 bits per heavy atom. The smallest absolute Gasteiger partial charge is 0.152 e. The highest BCUT2D eigenvalue weighted by Gasteiger charge is 2.24. The van der Waals surface area contributed by atoms with Crippen molar-refractivity contribution in [1.82, 2.24) is 15.0 Å². The molecule has 5 nitrogen and oxygen atoms in total. The van der Waals surface area contributed by atoms with Gasteiger partial charge in [0.05, 0.1) is 22.9 Å². The van der Waals surface area contributed by atoms with Crippen molar-refractivity contribution in [2.24, 2.45) is 5.16 Å². The lowest BCUT2D eigenvalue weighted by molar-refractivity contribution is 0.0693. The molecule has 0 fully saturated rings. The zero-order chi connectivity index (χ0) is 14.1. The van der Waals surface area contributed by atoms with Gasteiger partial charge in [0.1, 0.15) is 11.6 Å². The van der Waals surface area contributed by atoms with E-state index in [1.807, 2.05) is 0 Å². The lowest BCUT2D eigenvalue weighted by Gasteiger charge is -2.07. The van der Waals surface area contributed by atoms with Crippen LogP contribution in [0.25, 0.3) is 0 Å². The first-order valence-corrected chi connectivity index (χ1v) is 6.64. The number of aromatic nitrogens is 3. The van der Waals surface area contributed by atoms with Gasteiger partial charge in [-0.05, 0) is 28.1 Å². The van der Waals surface area contributed by atoms with Crippen LogP contribution in [-0.2, 0) is 11.4 Å². The average molecular weight is 343 g/mol. The van der Waals surface area contributed by atoms with Crippen molar-refractivity contribution in [2.75, 3.05) is 0 Å². The molecule has 1 aromatic carbocycles. The van der Waals surface area contributed by atoms with Gasteiger partial charge in [0.25, 0.3) is 0 Å². The number of nitrogens with zero attached hydrogens (tertiary/aromatic N) is 4. The van der Waals surface area contributed by atoms with Crippen LogP contribution in [0, 0.1) is 11.6 Å². The molecule has 0 saturated carbocycles. The molecule has 0 spiro atoms. The summed E-state index contributed by atoms with van der Waals surface area (Å²) in [6.45, 7) is 0.481. The molecule has 8 heteroatoms. The quantitative estimate of drug-likeness (QED) is 0.805. The van der Waals surface area contributed by atoms with Crippen molar-refractivity contribution in [3.8, 4) is 0 Å². The minimum Gasteiger partial charge on any atom is -0.390 e. The third kappa shape index (κ3) is 2.55. The predicted molar refractivity (Wildman–Crippen MR) is 70.1 cm³/mol. The fourth-order valence-corrected chi connectivity index (χ4v) is 2.19. The van der Waals surface area contributed by atoms with Gasteiger partial charge < -0.3 is 4.84 Å². The van der Waals surface area contributed by atoms with E-state index in [0.717, 1.165) is 0 Å². The molecule has 0 N–H and O–H groups in total. The molecular weight excluding hydrogens is 334 g/mol. The van der Waals surface area contributed by atoms with Gasteiger partial charge in [-0.3, -0.25) is 0 Å². The lowest BCUT2D eigenvalue weighted by Crippen LogP contribution is -2.17. The molecule has 0 bridgehead atoms. The Bertz CT molecular complexity index is 636. The molecule has 2 aromatic rings. The van der Waals surface area contributed by atoms with Crippen LogP contribution in [0.1, 0.15) is 12.0 Å². The fraction of sp³-hybridized carbons (Fsp3) is 0.250. The second-order valence-electron chi connectivity index (χ2n) is 4.35. The maximum Gasteiger partial charge on any atom is 0.152 e. The first kappa shape index (κ1) is 13.2. The van der Waals surface area contributed by atoms with E-state index in [9.17, 15) is 8.78 Å². The van der Waals surface area contributed by atoms with Gasteiger partial charge in [0.2, 0.25) is 0 Å². The van der Waals surface area contributed by atoms with Gasteiger partial charge in [-0.2, -0.15) is 0 Å². The van der Waals surface area contributed by atoms with E-state index in [1.165, 1.54) is 12.1 Å². The van der Waals surface area contributed by atoms with E-state index in [-0.39, 0.29) is 10.6 Å². The molecule has 104 valence electrons. The normalized spacial score (nSPS) is 17.9. The van der Waals surface area contributed by atoms with Crippen LogP contribution in [0.15, 0.2) is 34.2 Å². The summed E-state index contributed by atoms with van der Waals surface area (Å²) in [7, 11) is 0. The lowest BCUT2D eigenvalue weighted by atomic mass is 10.0. The molecule has 0 radical (unpaired) electrons. The number of rotatable bonds is 3. The van der Waals surface area contributed by atoms with E-state index in [4.69, 9.17) is 4.84 Å². The molecule has 2 heterocycles. The van der Waals surface area contributed by atoms with Gasteiger partial charge in [0.15, 0.2) is 6.10 Å². The molecule has 0 saturated heterocycles. The highest BCUT2D eigenvalue weighted by atomic mass is 79.9. The summed E-state index contributed by atoms with van der Waals surface area (Å²) in [4.78, 5) is 5.25. The van der Waals surface area contributed by atoms with Gasteiger partial charge in [-0.1, -0.05) is 10.4 Å². The molecule has 1 aromatic heterocycles. The van der Waals surface area contributed by atoms with Crippen molar-refractivity contribution in [1.29, 1.82) is 0 Å². The molecule has 3 rings (SSSR count). The zero-order valence-electron chi connectivity index (χ0n) is 10.1.